The fourth-order valence-electron chi connectivity index (χ4n) is 6.80. The van der Waals surface area contributed by atoms with Crippen LogP contribution in [0.4, 0.5) is 5.82 Å². The highest BCUT2D eigenvalue weighted by atomic mass is 31.3. The number of carbonyl (C=O) groups is 2. The summed E-state index contributed by atoms with van der Waals surface area (Å²) in [5, 5.41) is 30.8. The molecular weight excluding hydrogens is 1030 g/mol. The van der Waals surface area contributed by atoms with E-state index in [4.69, 9.17) is 29.0 Å². The number of ether oxygens (including phenoxy) is 3. The summed E-state index contributed by atoms with van der Waals surface area (Å²) in [6.45, 7) is 1.71. The monoisotopic (exact) mass is 1120 g/mol. The van der Waals surface area contributed by atoms with Crippen molar-refractivity contribution in [2.45, 2.75) is 160 Å². The van der Waals surface area contributed by atoms with Crippen molar-refractivity contribution in [2.75, 3.05) is 25.6 Å². The summed E-state index contributed by atoms with van der Waals surface area (Å²) in [5.41, 5.74) is 4.57. The van der Waals surface area contributed by atoms with Crippen LogP contribution in [0.25, 0.3) is 0 Å². The zero-order valence-corrected chi connectivity index (χ0v) is 46.3. The molecule has 0 bridgehead atoms. The number of nitrogen functional groups attached to an aromatic ring is 1. The van der Waals surface area contributed by atoms with Gasteiger partial charge in [-0.05, 0) is 96.0 Å². The van der Waals surface area contributed by atoms with Gasteiger partial charge in [0.05, 0.1) is 19.3 Å². The molecule has 8 atom stereocenters. The molecule has 7 N–H and O–H groups in total. The number of nitrogens with two attached hydrogens (primary N) is 1. The second-order valence-electron chi connectivity index (χ2n) is 17.5. The lowest BCUT2D eigenvalue weighted by molar-refractivity contribution is -0.161. The van der Waals surface area contributed by atoms with Crippen molar-refractivity contribution in [3.05, 3.63) is 156 Å². The molecule has 0 amide bonds. The molecule has 1 aliphatic rings. The number of aliphatic hydroxyl groups is 3. The van der Waals surface area contributed by atoms with Gasteiger partial charge in [0.2, 0.25) is 0 Å². The van der Waals surface area contributed by atoms with Crippen molar-refractivity contribution in [2.24, 2.45) is 0 Å². The van der Waals surface area contributed by atoms with E-state index in [1.165, 1.54) is 6.07 Å². The van der Waals surface area contributed by atoms with Crippen molar-refractivity contribution in [1.29, 1.82) is 0 Å². The molecule has 1 aromatic heterocycles. The largest absolute Gasteiger partial charge is 0.481 e. The number of allylic oxidation sites excluding steroid dienone is 20. The van der Waals surface area contributed by atoms with Crippen LogP contribution in [-0.4, -0.2) is 96.9 Å². The molecule has 2 rings (SSSR count). The van der Waals surface area contributed by atoms with Crippen LogP contribution in [0.1, 0.15) is 129 Å². The van der Waals surface area contributed by atoms with E-state index in [0.717, 1.165) is 75.0 Å². The van der Waals surface area contributed by atoms with Crippen molar-refractivity contribution < 1.29 is 71.4 Å². The molecule has 0 spiro atoms. The van der Waals surface area contributed by atoms with E-state index in [0.29, 0.717) is 32.1 Å². The van der Waals surface area contributed by atoms with Gasteiger partial charge in [0, 0.05) is 19.0 Å². The summed E-state index contributed by atoms with van der Waals surface area (Å²) >= 11 is 0. The Labute approximate surface area is 454 Å². The Morgan fingerprint density at radius 2 is 1.23 bits per heavy atom. The fourth-order valence-corrected chi connectivity index (χ4v) is 8.91. The number of rotatable bonds is 41. The number of unbranched alkanes of at least 4 members (excludes halogenated alkanes) is 3. The number of aliphatic hydroxyl groups excluding tert-OH is 3. The number of carbonyl (C=O) groups excluding carboxylic acids is 2. The summed E-state index contributed by atoms with van der Waals surface area (Å²) in [7, 11) is -10.9. The molecule has 428 valence electrons. The molecule has 3 unspecified atom stereocenters. The number of phosphoric acid groups is 2. The molecule has 0 radical (unpaired) electrons. The van der Waals surface area contributed by atoms with Crippen LogP contribution in [-0.2, 0) is 46.3 Å². The van der Waals surface area contributed by atoms with E-state index >= 15 is 0 Å². The van der Waals surface area contributed by atoms with Crippen LogP contribution in [0.15, 0.2) is 151 Å². The summed E-state index contributed by atoms with van der Waals surface area (Å²) in [5.74, 6) is -1.48. The molecule has 0 aliphatic carbocycles. The Kier molecular flexibility index (Phi) is 37.0. The molecule has 1 aromatic rings. The highest BCUT2D eigenvalue weighted by Crippen LogP contribution is 2.60. The molecule has 0 aromatic carbocycles. The Morgan fingerprint density at radius 1 is 0.688 bits per heavy atom. The van der Waals surface area contributed by atoms with Gasteiger partial charge in [0.1, 0.15) is 30.7 Å². The second kappa shape index (κ2) is 41.9. The van der Waals surface area contributed by atoms with Gasteiger partial charge in [-0.3, -0.25) is 23.2 Å². The Hall–Kier alpha value is -5.14. The number of phosphoric ester groups is 2. The van der Waals surface area contributed by atoms with Gasteiger partial charge in [0.15, 0.2) is 12.3 Å². The lowest BCUT2D eigenvalue weighted by Crippen LogP contribution is -2.36. The van der Waals surface area contributed by atoms with Crippen LogP contribution in [0.3, 0.4) is 0 Å². The van der Waals surface area contributed by atoms with E-state index in [1.54, 1.807) is 6.08 Å². The average molecular weight is 1120 g/mol. The first kappa shape index (κ1) is 68.0. The van der Waals surface area contributed by atoms with E-state index in [-0.39, 0.29) is 18.7 Å². The van der Waals surface area contributed by atoms with Crippen LogP contribution < -0.4 is 11.4 Å². The number of nitrogens with zero attached hydrogens (tertiary/aromatic N) is 2. The quantitative estimate of drug-likeness (QED) is 0.0117. The van der Waals surface area contributed by atoms with Crippen LogP contribution >= 0.6 is 15.6 Å². The molecule has 21 heteroatoms. The molecule has 1 aliphatic heterocycles. The van der Waals surface area contributed by atoms with Gasteiger partial charge in [-0.25, -0.2) is 13.9 Å². The Bertz CT molecular complexity index is 2340. The van der Waals surface area contributed by atoms with Gasteiger partial charge in [-0.2, -0.15) is 9.29 Å². The average Bonchev–Trinajstić information content (AvgIpc) is 3.66. The van der Waals surface area contributed by atoms with Gasteiger partial charge >= 0.3 is 33.3 Å². The van der Waals surface area contributed by atoms with E-state index in [1.807, 2.05) is 73.8 Å². The highest BCUT2D eigenvalue weighted by molar-refractivity contribution is 7.61. The highest BCUT2D eigenvalue weighted by Gasteiger charge is 2.46. The molecule has 1 saturated heterocycles. The minimum atomic E-state index is -5.47. The summed E-state index contributed by atoms with van der Waals surface area (Å²) in [6, 6.07) is 1.24. The molecule has 77 heavy (non-hydrogen) atoms. The second-order valence-corrected chi connectivity index (χ2v) is 20.5. The van der Waals surface area contributed by atoms with E-state index in [2.05, 4.69) is 77.0 Å². The Morgan fingerprint density at radius 3 is 1.83 bits per heavy atom. The maximum Gasteiger partial charge on any atom is 0.481 e. The predicted octanol–water partition coefficient (Wildman–Crippen LogP) is 10.3. The minimum absolute atomic E-state index is 0.0217. The maximum absolute atomic E-state index is 12.9. The smallest absolute Gasteiger partial charge is 0.462 e. The molecule has 19 nitrogen and oxygen atoms in total. The number of hydrogen-bond acceptors (Lipinski definition) is 16. The summed E-state index contributed by atoms with van der Waals surface area (Å²) in [4.78, 5) is 62.0. The zero-order valence-electron chi connectivity index (χ0n) is 44.6. The van der Waals surface area contributed by atoms with Crippen molar-refractivity contribution in [3.8, 4) is 0 Å². The predicted molar refractivity (Wildman–Crippen MR) is 299 cm³/mol. The standard InChI is InChI=1S/C56H83N3O16P2/c1-3-5-7-8-9-10-11-12-13-14-15-16-17-20-24-27-30-33-37-41-52(62)73-48(44-70-51(61)40-36-32-29-26-23-21-18-19-22-25-28-31-35-39-47(60)38-34-6-4-2)45-71-76(66,67)75-77(68,69)72-46-49-53(63)54(64)55(74-49)59-43-42-50(57)58-56(59)65/h5-7,9-10,12-13,15-16,19-24,28-29,31-32,34-35,39,42-43,47-49,53-55,60,63-64H,3-4,8,11,14,17-18,25-27,30,33,36-38,40-41,44-46H2,1-2H3,(H,66,67)(H,68,69)(H2,57,58,65)/b7-5-,10-9-,13-12-,16-15-,22-19-,23-21-,24-20-,31-28+,32-29-,34-6-,39-35+/t47?,48-,49-,53-,54-,55-/m1/s1. The van der Waals surface area contributed by atoms with Crippen LogP contribution in [0.2, 0.25) is 0 Å². The number of aromatic nitrogens is 2. The van der Waals surface area contributed by atoms with Gasteiger partial charge in [-0.1, -0.05) is 154 Å². The molecule has 2 heterocycles. The molecular formula is C56H83N3O16P2. The normalized spacial score (nSPS) is 20.1. The first-order valence-corrected chi connectivity index (χ1v) is 29.3. The third-order valence-electron chi connectivity index (χ3n) is 10.8. The first-order chi connectivity index (χ1) is 37.1. The van der Waals surface area contributed by atoms with Crippen molar-refractivity contribution in [3.63, 3.8) is 0 Å². The first-order valence-electron chi connectivity index (χ1n) is 26.3. The lowest BCUT2D eigenvalue weighted by Gasteiger charge is -2.21. The lowest BCUT2D eigenvalue weighted by atomic mass is 10.1. The Balaban J connectivity index is 1.85. The topological polar surface area (TPSA) is 286 Å². The molecule has 1 fully saturated rings. The molecule has 0 saturated carbocycles. The summed E-state index contributed by atoms with van der Waals surface area (Å²) < 4.78 is 56.7. The number of anilines is 1. The SMILES string of the molecule is CC/C=C\C/C=C\C/C=C\C/C=C\C/C=C\CCCCCC(=O)O[C@H](COC(=O)CC/C=C\C/C=C\C/C=C\C/C=C/C=C/C(O)C/C=C\CC)COP(=O)(O)OP(=O)(O)OC[C@H]1O[C@@H](n2ccc(N)nc2=O)[C@H](O)[C@@H]1O. The van der Waals surface area contributed by atoms with Crippen molar-refractivity contribution in [1.82, 2.24) is 9.55 Å². The van der Waals surface area contributed by atoms with Crippen LogP contribution in [0, 0.1) is 0 Å². The maximum atomic E-state index is 12.9. The third kappa shape index (κ3) is 34.4. The summed E-state index contributed by atoms with van der Waals surface area (Å²) in [6.07, 6.45) is 48.7. The number of hydrogen-bond donors (Lipinski definition) is 6. The van der Waals surface area contributed by atoms with E-state index < -0.39 is 89.8 Å². The minimum Gasteiger partial charge on any atom is -0.462 e. The van der Waals surface area contributed by atoms with Crippen molar-refractivity contribution >= 4 is 33.4 Å². The fraction of sp³-hybridized carbons (Fsp3) is 0.500. The number of esters is 2. The van der Waals surface area contributed by atoms with Gasteiger partial charge < -0.3 is 45.1 Å². The van der Waals surface area contributed by atoms with E-state index in [9.17, 15) is 48.6 Å². The van der Waals surface area contributed by atoms with Gasteiger partial charge in [-0.15, -0.1) is 0 Å². The van der Waals surface area contributed by atoms with Crippen LogP contribution in [0.5, 0.6) is 0 Å². The third-order valence-corrected chi connectivity index (χ3v) is 13.4. The zero-order chi connectivity index (χ0) is 56.4. The van der Waals surface area contributed by atoms with Gasteiger partial charge in [0.25, 0.3) is 0 Å².